The smallest absolute Gasteiger partial charge is 0.331 e. The Balaban J connectivity index is 1.36. The van der Waals surface area contributed by atoms with Gasteiger partial charge in [0.2, 0.25) is 5.79 Å². The Hall–Kier alpha value is -2.39. The quantitative estimate of drug-likeness (QED) is 0.296. The van der Waals surface area contributed by atoms with Crippen LogP contribution in [0.5, 0.6) is 11.5 Å². The van der Waals surface area contributed by atoms with Gasteiger partial charge in [-0.1, -0.05) is 32.1 Å². The van der Waals surface area contributed by atoms with E-state index in [0.717, 1.165) is 30.4 Å². The Morgan fingerprint density at radius 2 is 1.87 bits per heavy atom. The van der Waals surface area contributed by atoms with Gasteiger partial charge in [0.1, 0.15) is 12.2 Å². The van der Waals surface area contributed by atoms with Crippen molar-refractivity contribution >= 4 is 12.0 Å². The number of esters is 1. The van der Waals surface area contributed by atoms with Crippen molar-refractivity contribution in [3.63, 3.8) is 0 Å². The van der Waals surface area contributed by atoms with Crippen LogP contribution in [0.4, 0.5) is 0 Å². The zero-order valence-electron chi connectivity index (χ0n) is 23.2. The topological polar surface area (TPSA) is 115 Å². The number of ether oxygens (including phenoxy) is 4. The molecule has 6 fully saturated rings. The molecular formula is C31H40O8. The van der Waals surface area contributed by atoms with Gasteiger partial charge in [-0.15, -0.1) is 0 Å². The lowest BCUT2D eigenvalue weighted by Crippen LogP contribution is -2.84. The van der Waals surface area contributed by atoms with Crippen LogP contribution >= 0.6 is 0 Å². The molecule has 8 nitrogen and oxygen atoms in total. The van der Waals surface area contributed by atoms with Gasteiger partial charge in [-0.2, -0.15) is 0 Å². The number of rotatable bonds is 5. The molecule has 4 aliphatic carbocycles. The van der Waals surface area contributed by atoms with E-state index in [9.17, 15) is 20.1 Å². The number of benzene rings is 1. The van der Waals surface area contributed by atoms with E-state index in [1.807, 2.05) is 6.07 Å². The standard InChI is InChI=1S/C31H40O8/c1-17-15-30-22(29-16-38-31(30,35)26(34)25(29)28(2,3)13-12-23(29)32)10-8-19(17)27(30)39-24(33)11-7-18-6-9-20(36-4)21(14-18)37-5/h6-7,9,11,14,19,22-23,25-27,32,34-35H,1,8,10,12-13,15-16H2,2-5H3/b11-7+/t19-,22?,23?,25+,26-,27+,29?,30?,31-/m0/s1. The molecule has 1 aromatic carbocycles. The van der Waals surface area contributed by atoms with Crippen LogP contribution in [0.3, 0.4) is 0 Å². The van der Waals surface area contributed by atoms with Gasteiger partial charge >= 0.3 is 5.97 Å². The van der Waals surface area contributed by atoms with Gasteiger partial charge in [0.05, 0.1) is 32.3 Å². The van der Waals surface area contributed by atoms with E-state index in [1.165, 1.54) is 6.08 Å². The van der Waals surface area contributed by atoms with Crippen LogP contribution in [0, 0.1) is 34.0 Å². The summed E-state index contributed by atoms with van der Waals surface area (Å²) in [5.41, 5.74) is -0.476. The average molecular weight is 541 g/mol. The molecule has 1 aromatic rings. The Morgan fingerprint density at radius 3 is 2.59 bits per heavy atom. The van der Waals surface area contributed by atoms with E-state index in [4.69, 9.17) is 18.9 Å². The van der Waals surface area contributed by atoms with E-state index in [0.29, 0.717) is 24.3 Å². The largest absolute Gasteiger partial charge is 0.493 e. The number of carbonyl (C=O) groups is 1. The summed E-state index contributed by atoms with van der Waals surface area (Å²) in [5, 5.41) is 35.7. The number of carbonyl (C=O) groups excluding carboxylic acids is 1. The normalized spacial score (nSPS) is 43.6. The van der Waals surface area contributed by atoms with Crippen molar-refractivity contribution in [1.29, 1.82) is 0 Å². The molecule has 0 aromatic heterocycles. The number of hydrogen-bond acceptors (Lipinski definition) is 8. The number of aliphatic hydroxyl groups excluding tert-OH is 2. The molecule has 4 unspecified atom stereocenters. The van der Waals surface area contributed by atoms with Crippen molar-refractivity contribution < 1.29 is 39.1 Å². The van der Waals surface area contributed by atoms with Gasteiger partial charge in [0, 0.05) is 23.3 Å². The summed E-state index contributed by atoms with van der Waals surface area (Å²) in [5.74, 6) is -2.00. The highest BCUT2D eigenvalue weighted by Gasteiger charge is 2.84. The van der Waals surface area contributed by atoms with Gasteiger partial charge in [-0.05, 0) is 67.2 Å². The summed E-state index contributed by atoms with van der Waals surface area (Å²) in [6.07, 6.45) is 3.63. The predicted octanol–water partition coefficient (Wildman–Crippen LogP) is 3.48. The molecule has 212 valence electrons. The van der Waals surface area contributed by atoms with Gasteiger partial charge in [-0.3, -0.25) is 0 Å². The molecule has 2 heterocycles. The third kappa shape index (κ3) is 3.35. The molecule has 9 atom stereocenters. The Morgan fingerprint density at radius 1 is 1.13 bits per heavy atom. The first-order valence-corrected chi connectivity index (χ1v) is 14.0. The van der Waals surface area contributed by atoms with Crippen molar-refractivity contribution in [3.8, 4) is 11.5 Å². The maximum atomic E-state index is 13.3. The second-order valence-electron chi connectivity index (χ2n) is 13.0. The molecule has 4 saturated carbocycles. The molecule has 2 aliphatic heterocycles. The minimum atomic E-state index is -1.91. The van der Waals surface area contributed by atoms with E-state index < -0.39 is 40.9 Å². The SMILES string of the molecule is C=C1CC23C(CC[C@@H]1[C@H]2OC(=O)/C=C/c1ccc(OC)c(OC)c1)C12CO[C@@]3(O)[C@@H](O)[C@@H]1C(C)(C)CCC2O. The van der Waals surface area contributed by atoms with Crippen molar-refractivity contribution in [2.75, 3.05) is 20.8 Å². The zero-order chi connectivity index (χ0) is 28.0. The van der Waals surface area contributed by atoms with Crippen LogP contribution < -0.4 is 9.47 Å². The van der Waals surface area contributed by atoms with Gasteiger partial charge in [0.25, 0.3) is 0 Å². The molecular weight excluding hydrogens is 500 g/mol. The highest BCUT2D eigenvalue weighted by molar-refractivity contribution is 5.87. The van der Waals surface area contributed by atoms with Crippen LogP contribution in [0.1, 0.15) is 51.5 Å². The monoisotopic (exact) mass is 540 g/mol. The summed E-state index contributed by atoms with van der Waals surface area (Å²) in [6.45, 7) is 8.72. The van der Waals surface area contributed by atoms with E-state index in [1.54, 1.807) is 32.4 Å². The number of fused-ring (bicyclic) bond motifs is 2. The Kier molecular flexibility index (Phi) is 6.05. The van der Waals surface area contributed by atoms with Crippen LogP contribution in [0.25, 0.3) is 6.08 Å². The number of aliphatic hydroxyl groups is 3. The number of hydrogen-bond donors (Lipinski definition) is 3. The molecule has 2 spiro atoms. The molecule has 4 bridgehead atoms. The van der Waals surface area contributed by atoms with Gasteiger partial charge in [0.15, 0.2) is 11.5 Å². The zero-order valence-corrected chi connectivity index (χ0v) is 23.2. The molecule has 8 heteroatoms. The van der Waals surface area contributed by atoms with E-state index >= 15 is 0 Å². The summed E-state index contributed by atoms with van der Waals surface area (Å²) in [7, 11) is 3.11. The third-order valence-electron chi connectivity index (χ3n) is 11.0. The van der Waals surface area contributed by atoms with Crippen molar-refractivity contribution in [1.82, 2.24) is 0 Å². The fraction of sp³-hybridized carbons (Fsp3) is 0.645. The lowest BCUT2D eigenvalue weighted by Gasteiger charge is -2.75. The second kappa shape index (κ2) is 8.80. The third-order valence-corrected chi connectivity index (χ3v) is 11.0. The summed E-state index contributed by atoms with van der Waals surface area (Å²) in [6, 6.07) is 5.34. The average Bonchev–Trinajstić information content (AvgIpc) is 3.06. The van der Waals surface area contributed by atoms with E-state index in [2.05, 4.69) is 20.4 Å². The van der Waals surface area contributed by atoms with E-state index in [-0.39, 0.29) is 29.8 Å². The van der Waals surface area contributed by atoms with Crippen molar-refractivity contribution in [2.24, 2.45) is 34.0 Å². The second-order valence-corrected chi connectivity index (χ2v) is 13.0. The minimum Gasteiger partial charge on any atom is -0.493 e. The predicted molar refractivity (Wildman–Crippen MR) is 143 cm³/mol. The van der Waals surface area contributed by atoms with Crippen molar-refractivity contribution in [3.05, 3.63) is 42.0 Å². The fourth-order valence-corrected chi connectivity index (χ4v) is 9.54. The highest BCUT2D eigenvalue weighted by Crippen LogP contribution is 2.77. The van der Waals surface area contributed by atoms with Crippen molar-refractivity contribution in [2.45, 2.75) is 70.1 Å². The molecule has 7 rings (SSSR count). The number of methoxy groups -OCH3 is 2. The molecule has 39 heavy (non-hydrogen) atoms. The molecule has 0 radical (unpaired) electrons. The first-order valence-electron chi connectivity index (χ1n) is 14.0. The molecule has 2 saturated heterocycles. The van der Waals surface area contributed by atoms with Crippen LogP contribution in [-0.4, -0.2) is 66.2 Å². The molecule has 0 amide bonds. The minimum absolute atomic E-state index is 0.151. The maximum absolute atomic E-state index is 13.3. The van der Waals surface area contributed by atoms with Crippen LogP contribution in [0.15, 0.2) is 36.4 Å². The summed E-state index contributed by atoms with van der Waals surface area (Å²) < 4.78 is 23.0. The molecule has 6 aliphatic rings. The maximum Gasteiger partial charge on any atom is 0.331 e. The van der Waals surface area contributed by atoms with Gasteiger partial charge < -0.3 is 34.3 Å². The summed E-state index contributed by atoms with van der Waals surface area (Å²) >= 11 is 0. The lowest BCUT2D eigenvalue weighted by molar-refractivity contribution is -0.468. The van der Waals surface area contributed by atoms with Gasteiger partial charge in [-0.25, -0.2) is 4.79 Å². The Labute approximate surface area is 229 Å². The van der Waals surface area contributed by atoms with Crippen LogP contribution in [0.2, 0.25) is 0 Å². The summed E-state index contributed by atoms with van der Waals surface area (Å²) in [4.78, 5) is 13.3. The lowest BCUT2D eigenvalue weighted by atomic mass is 9.36. The Bertz CT molecular complexity index is 1220. The van der Waals surface area contributed by atoms with Crippen LogP contribution in [-0.2, 0) is 14.3 Å². The highest BCUT2D eigenvalue weighted by atomic mass is 16.6. The molecule has 3 N–H and O–H groups in total. The first-order chi connectivity index (χ1) is 18.5. The first kappa shape index (κ1) is 26.8. The fourth-order valence-electron chi connectivity index (χ4n) is 9.54.